The van der Waals surface area contributed by atoms with E-state index in [2.05, 4.69) is 10.2 Å². The van der Waals surface area contributed by atoms with Gasteiger partial charge < -0.3 is 15.3 Å². The Kier molecular flexibility index (Phi) is 4.75. The van der Waals surface area contributed by atoms with E-state index in [1.54, 1.807) is 11.3 Å². The lowest BCUT2D eigenvalue weighted by molar-refractivity contribution is -0.115. The van der Waals surface area contributed by atoms with Crippen LogP contribution in [0.4, 0.5) is 11.4 Å². The molecule has 0 spiro atoms. The Labute approximate surface area is 134 Å². The topological polar surface area (TPSA) is 52.6 Å². The van der Waals surface area contributed by atoms with Gasteiger partial charge in [0.05, 0.1) is 23.9 Å². The molecule has 5 heteroatoms. The summed E-state index contributed by atoms with van der Waals surface area (Å²) in [6, 6.07) is 11.8. The Bertz CT molecular complexity index is 619. The first kappa shape index (κ1) is 15.1. The number of aliphatic hydroxyl groups is 1. The lowest BCUT2D eigenvalue weighted by Gasteiger charge is -2.32. The number of nitrogens with zero attached hydrogens (tertiary/aromatic N) is 1. The fourth-order valence-corrected chi connectivity index (χ4v) is 3.43. The molecule has 1 aliphatic heterocycles. The van der Waals surface area contributed by atoms with Gasteiger partial charge in [-0.2, -0.15) is 0 Å². The van der Waals surface area contributed by atoms with Gasteiger partial charge in [0.1, 0.15) is 0 Å². The standard InChI is InChI=1S/C17H20N2O2S/c20-13-7-9-19(10-8-13)16-6-2-1-5-15(16)18-17(21)12-14-4-3-11-22-14/h1-6,11,13,20H,7-10,12H2,(H,18,21). The number of anilines is 2. The summed E-state index contributed by atoms with van der Waals surface area (Å²) >= 11 is 1.60. The van der Waals surface area contributed by atoms with Crippen LogP contribution in [0.5, 0.6) is 0 Å². The quantitative estimate of drug-likeness (QED) is 0.912. The van der Waals surface area contributed by atoms with Crippen LogP contribution in [0.3, 0.4) is 0 Å². The van der Waals surface area contributed by atoms with Crippen molar-refractivity contribution < 1.29 is 9.90 Å². The number of benzene rings is 1. The molecule has 0 unspecified atom stereocenters. The van der Waals surface area contributed by atoms with Gasteiger partial charge in [0.25, 0.3) is 0 Å². The van der Waals surface area contributed by atoms with E-state index in [-0.39, 0.29) is 12.0 Å². The molecule has 0 radical (unpaired) electrons. The maximum atomic E-state index is 12.2. The average molecular weight is 316 g/mol. The Balaban J connectivity index is 1.69. The predicted octanol–water partition coefficient (Wildman–Crippen LogP) is 2.89. The molecule has 116 valence electrons. The van der Waals surface area contributed by atoms with Gasteiger partial charge in [-0.1, -0.05) is 18.2 Å². The second-order valence-electron chi connectivity index (χ2n) is 5.54. The number of amides is 1. The van der Waals surface area contributed by atoms with Crippen LogP contribution in [0, 0.1) is 0 Å². The Morgan fingerprint density at radius 3 is 2.73 bits per heavy atom. The highest BCUT2D eigenvalue weighted by molar-refractivity contribution is 7.10. The van der Waals surface area contributed by atoms with Crippen molar-refractivity contribution in [2.75, 3.05) is 23.3 Å². The number of nitrogens with one attached hydrogen (secondary N) is 1. The molecule has 4 nitrogen and oxygen atoms in total. The molecule has 22 heavy (non-hydrogen) atoms. The third kappa shape index (κ3) is 3.67. The minimum atomic E-state index is -0.197. The largest absolute Gasteiger partial charge is 0.393 e. The van der Waals surface area contributed by atoms with Gasteiger partial charge in [0.15, 0.2) is 0 Å². The van der Waals surface area contributed by atoms with E-state index in [0.717, 1.165) is 42.2 Å². The summed E-state index contributed by atoms with van der Waals surface area (Å²) in [5.41, 5.74) is 1.88. The minimum Gasteiger partial charge on any atom is -0.393 e. The van der Waals surface area contributed by atoms with Crippen LogP contribution in [0.25, 0.3) is 0 Å². The van der Waals surface area contributed by atoms with E-state index in [0.29, 0.717) is 6.42 Å². The summed E-state index contributed by atoms with van der Waals surface area (Å²) < 4.78 is 0. The number of hydrogen-bond donors (Lipinski definition) is 2. The van der Waals surface area contributed by atoms with E-state index in [9.17, 15) is 9.90 Å². The van der Waals surface area contributed by atoms with E-state index >= 15 is 0 Å². The average Bonchev–Trinajstić information content (AvgIpc) is 3.01. The van der Waals surface area contributed by atoms with Crippen LogP contribution in [0.2, 0.25) is 0 Å². The van der Waals surface area contributed by atoms with Crippen molar-refractivity contribution in [1.82, 2.24) is 0 Å². The molecule has 1 aromatic heterocycles. The van der Waals surface area contributed by atoms with Crippen molar-refractivity contribution in [1.29, 1.82) is 0 Å². The molecule has 0 aliphatic carbocycles. The van der Waals surface area contributed by atoms with Gasteiger partial charge in [-0.3, -0.25) is 4.79 Å². The number of thiophene rings is 1. The number of aliphatic hydroxyl groups excluding tert-OH is 1. The van der Waals surface area contributed by atoms with Crippen molar-refractivity contribution in [3.05, 3.63) is 46.7 Å². The monoisotopic (exact) mass is 316 g/mol. The summed E-state index contributed by atoms with van der Waals surface area (Å²) in [7, 11) is 0. The van der Waals surface area contributed by atoms with Crippen LogP contribution in [0.1, 0.15) is 17.7 Å². The van der Waals surface area contributed by atoms with E-state index in [1.807, 2.05) is 41.8 Å². The van der Waals surface area contributed by atoms with Crippen LogP contribution >= 0.6 is 11.3 Å². The zero-order chi connectivity index (χ0) is 15.4. The SMILES string of the molecule is O=C(Cc1cccs1)Nc1ccccc1N1CCC(O)CC1. The Morgan fingerprint density at radius 2 is 2.00 bits per heavy atom. The van der Waals surface area contributed by atoms with Gasteiger partial charge in [-0.05, 0) is 36.4 Å². The van der Waals surface area contributed by atoms with Gasteiger partial charge >= 0.3 is 0 Å². The number of carbonyl (C=O) groups is 1. The molecular formula is C17H20N2O2S. The highest BCUT2D eigenvalue weighted by atomic mass is 32.1. The summed E-state index contributed by atoms with van der Waals surface area (Å²) in [5, 5.41) is 14.6. The molecule has 1 aliphatic rings. The number of rotatable bonds is 4. The first-order chi connectivity index (χ1) is 10.7. The Hall–Kier alpha value is -1.85. The van der Waals surface area contributed by atoms with Gasteiger partial charge in [-0.25, -0.2) is 0 Å². The van der Waals surface area contributed by atoms with Crippen molar-refractivity contribution in [3.8, 4) is 0 Å². The number of hydrogen-bond acceptors (Lipinski definition) is 4. The second kappa shape index (κ2) is 6.94. The maximum absolute atomic E-state index is 12.2. The van der Waals surface area contributed by atoms with Crippen molar-refractivity contribution >= 4 is 28.6 Å². The number of piperidine rings is 1. The van der Waals surface area contributed by atoms with Crippen LogP contribution < -0.4 is 10.2 Å². The molecule has 0 bridgehead atoms. The maximum Gasteiger partial charge on any atom is 0.229 e. The molecule has 0 saturated carbocycles. The highest BCUT2D eigenvalue weighted by Gasteiger charge is 2.19. The first-order valence-electron chi connectivity index (χ1n) is 7.56. The van der Waals surface area contributed by atoms with Crippen LogP contribution in [-0.2, 0) is 11.2 Å². The van der Waals surface area contributed by atoms with Crippen molar-refractivity contribution in [2.45, 2.75) is 25.4 Å². The third-order valence-corrected chi connectivity index (χ3v) is 4.77. The molecule has 2 aromatic rings. The molecule has 3 rings (SSSR count). The smallest absolute Gasteiger partial charge is 0.229 e. The van der Waals surface area contributed by atoms with Gasteiger partial charge in [0.2, 0.25) is 5.91 Å². The number of para-hydroxylation sites is 2. The molecule has 0 atom stereocenters. The molecule has 1 fully saturated rings. The third-order valence-electron chi connectivity index (χ3n) is 3.90. The molecular weight excluding hydrogens is 296 g/mol. The number of carbonyl (C=O) groups excluding carboxylic acids is 1. The summed E-state index contributed by atoms with van der Waals surface area (Å²) in [4.78, 5) is 15.5. The zero-order valence-corrected chi connectivity index (χ0v) is 13.2. The molecule has 2 heterocycles. The fourth-order valence-electron chi connectivity index (χ4n) is 2.73. The lowest BCUT2D eigenvalue weighted by atomic mass is 10.1. The summed E-state index contributed by atoms with van der Waals surface area (Å²) in [6.45, 7) is 1.64. The minimum absolute atomic E-state index is 0.00643. The molecule has 1 amide bonds. The predicted molar refractivity (Wildman–Crippen MR) is 90.5 cm³/mol. The van der Waals surface area contributed by atoms with E-state index in [4.69, 9.17) is 0 Å². The zero-order valence-electron chi connectivity index (χ0n) is 12.4. The fraction of sp³-hybridized carbons (Fsp3) is 0.353. The normalized spacial score (nSPS) is 15.8. The van der Waals surface area contributed by atoms with Crippen LogP contribution in [0.15, 0.2) is 41.8 Å². The molecule has 1 saturated heterocycles. The van der Waals surface area contributed by atoms with Gasteiger partial charge in [0, 0.05) is 18.0 Å². The highest BCUT2D eigenvalue weighted by Crippen LogP contribution is 2.28. The van der Waals surface area contributed by atoms with Crippen molar-refractivity contribution in [2.24, 2.45) is 0 Å². The molecule has 2 N–H and O–H groups in total. The lowest BCUT2D eigenvalue weighted by Crippen LogP contribution is -2.36. The molecule has 1 aromatic carbocycles. The summed E-state index contributed by atoms with van der Waals surface area (Å²) in [6.07, 6.45) is 1.76. The van der Waals surface area contributed by atoms with E-state index in [1.165, 1.54) is 0 Å². The van der Waals surface area contributed by atoms with Gasteiger partial charge in [-0.15, -0.1) is 11.3 Å². The summed E-state index contributed by atoms with van der Waals surface area (Å²) in [5.74, 6) is 0.00643. The van der Waals surface area contributed by atoms with Crippen molar-refractivity contribution in [3.63, 3.8) is 0 Å². The van der Waals surface area contributed by atoms with Crippen LogP contribution in [-0.4, -0.2) is 30.2 Å². The first-order valence-corrected chi connectivity index (χ1v) is 8.44. The Morgan fingerprint density at radius 1 is 1.23 bits per heavy atom. The van der Waals surface area contributed by atoms with E-state index < -0.39 is 0 Å². The second-order valence-corrected chi connectivity index (χ2v) is 6.57.